The van der Waals surface area contributed by atoms with Crippen molar-refractivity contribution in [1.29, 1.82) is 0 Å². The van der Waals surface area contributed by atoms with Crippen LogP contribution in [0.25, 0.3) is 0 Å². The second kappa shape index (κ2) is 8.81. The molecule has 0 atom stereocenters. The molecule has 0 aliphatic carbocycles. The quantitative estimate of drug-likeness (QED) is 0.636. The normalized spacial score (nSPS) is 10.3. The number of carbonyl (C=O) groups excluding carboxylic acids is 1. The number of nitrogens with one attached hydrogen (secondary N) is 1. The third kappa shape index (κ3) is 6.71. The number of carbonyl (C=O) groups is 1. The Hall–Kier alpha value is -0.770. The lowest BCUT2D eigenvalue weighted by molar-refractivity contribution is 0.151. The lowest BCUT2D eigenvalue weighted by atomic mass is 10.3. The van der Waals surface area contributed by atoms with E-state index in [0.717, 1.165) is 26.1 Å². The minimum atomic E-state index is -0.313. The van der Waals surface area contributed by atoms with Crippen LogP contribution in [0.15, 0.2) is 0 Å². The van der Waals surface area contributed by atoms with Gasteiger partial charge in [0.25, 0.3) is 0 Å². The molecule has 0 bridgehead atoms. The van der Waals surface area contributed by atoms with Crippen LogP contribution in [0.5, 0.6) is 0 Å². The Balaban J connectivity index is 3.32. The molecule has 4 nitrogen and oxygen atoms in total. The summed E-state index contributed by atoms with van der Waals surface area (Å²) >= 11 is 0. The van der Waals surface area contributed by atoms with Crippen LogP contribution in [-0.2, 0) is 4.74 Å². The van der Waals surface area contributed by atoms with E-state index in [1.54, 1.807) is 6.92 Å². The maximum Gasteiger partial charge on any atom is 0.407 e. The van der Waals surface area contributed by atoms with Gasteiger partial charge in [0.15, 0.2) is 0 Å². The van der Waals surface area contributed by atoms with Crippen LogP contribution in [0.4, 0.5) is 4.79 Å². The van der Waals surface area contributed by atoms with Crippen molar-refractivity contribution < 1.29 is 9.53 Å². The Morgan fingerprint density at radius 3 is 2.43 bits per heavy atom. The first-order valence-corrected chi connectivity index (χ1v) is 5.37. The number of rotatable bonds is 7. The SMILES string of the molecule is CCOC(=O)NCCCN(CC)CC. The van der Waals surface area contributed by atoms with E-state index in [-0.39, 0.29) is 6.09 Å². The molecular weight excluding hydrogens is 180 g/mol. The molecule has 0 saturated carbocycles. The van der Waals surface area contributed by atoms with Gasteiger partial charge in [-0.3, -0.25) is 0 Å². The largest absolute Gasteiger partial charge is 0.450 e. The fourth-order valence-electron chi connectivity index (χ4n) is 1.22. The van der Waals surface area contributed by atoms with Crippen molar-refractivity contribution in [3.8, 4) is 0 Å². The third-order valence-corrected chi connectivity index (χ3v) is 2.09. The number of nitrogens with zero attached hydrogens (tertiary/aromatic N) is 1. The second-order valence-electron chi connectivity index (χ2n) is 3.03. The van der Waals surface area contributed by atoms with Crippen LogP contribution in [0.3, 0.4) is 0 Å². The summed E-state index contributed by atoms with van der Waals surface area (Å²) < 4.78 is 4.74. The standard InChI is InChI=1S/C10H22N2O2/c1-4-12(5-2)9-7-8-11-10(13)14-6-3/h4-9H2,1-3H3,(H,11,13). The van der Waals surface area contributed by atoms with Gasteiger partial charge >= 0.3 is 6.09 Å². The van der Waals surface area contributed by atoms with Crippen LogP contribution >= 0.6 is 0 Å². The molecule has 0 spiro atoms. The highest BCUT2D eigenvalue weighted by Gasteiger charge is 2.00. The van der Waals surface area contributed by atoms with Crippen molar-refractivity contribution in [2.45, 2.75) is 27.2 Å². The number of ether oxygens (including phenoxy) is 1. The predicted molar refractivity (Wildman–Crippen MR) is 57.4 cm³/mol. The maximum absolute atomic E-state index is 10.9. The van der Waals surface area contributed by atoms with E-state index in [9.17, 15) is 4.79 Å². The second-order valence-corrected chi connectivity index (χ2v) is 3.03. The lowest BCUT2D eigenvalue weighted by Gasteiger charge is -2.17. The fourth-order valence-corrected chi connectivity index (χ4v) is 1.22. The summed E-state index contributed by atoms with van der Waals surface area (Å²) in [4.78, 5) is 13.2. The molecule has 0 rings (SSSR count). The predicted octanol–water partition coefficient (Wildman–Crippen LogP) is 1.46. The van der Waals surface area contributed by atoms with E-state index < -0.39 is 0 Å². The zero-order chi connectivity index (χ0) is 10.8. The highest BCUT2D eigenvalue weighted by molar-refractivity contribution is 5.66. The Bertz CT molecular complexity index is 147. The van der Waals surface area contributed by atoms with Gasteiger partial charge in [-0.15, -0.1) is 0 Å². The van der Waals surface area contributed by atoms with Crippen LogP contribution in [0.2, 0.25) is 0 Å². The molecule has 0 aliphatic rings. The highest BCUT2D eigenvalue weighted by Crippen LogP contribution is 1.89. The van der Waals surface area contributed by atoms with Gasteiger partial charge in [-0.2, -0.15) is 0 Å². The molecule has 1 amide bonds. The van der Waals surface area contributed by atoms with E-state index in [4.69, 9.17) is 4.74 Å². The average molecular weight is 202 g/mol. The first-order valence-electron chi connectivity index (χ1n) is 5.37. The van der Waals surface area contributed by atoms with E-state index in [0.29, 0.717) is 13.2 Å². The van der Waals surface area contributed by atoms with Gasteiger partial charge < -0.3 is 15.0 Å². The summed E-state index contributed by atoms with van der Waals surface area (Å²) in [6.45, 7) is 10.4. The minimum Gasteiger partial charge on any atom is -0.450 e. The molecular formula is C10H22N2O2. The molecule has 0 fully saturated rings. The van der Waals surface area contributed by atoms with E-state index in [1.807, 2.05) is 0 Å². The zero-order valence-corrected chi connectivity index (χ0v) is 9.51. The average Bonchev–Trinajstić information content (AvgIpc) is 2.19. The Morgan fingerprint density at radius 1 is 1.29 bits per heavy atom. The number of hydrogen-bond acceptors (Lipinski definition) is 3. The number of hydrogen-bond donors (Lipinski definition) is 1. The smallest absolute Gasteiger partial charge is 0.407 e. The monoisotopic (exact) mass is 202 g/mol. The molecule has 0 aromatic rings. The molecule has 0 heterocycles. The Morgan fingerprint density at radius 2 is 1.93 bits per heavy atom. The van der Waals surface area contributed by atoms with Crippen LogP contribution in [0, 0.1) is 0 Å². The van der Waals surface area contributed by atoms with Gasteiger partial charge in [0.1, 0.15) is 0 Å². The molecule has 0 radical (unpaired) electrons. The first-order chi connectivity index (χ1) is 6.74. The molecule has 0 aliphatic heterocycles. The van der Waals surface area contributed by atoms with Crippen molar-refractivity contribution in [2.24, 2.45) is 0 Å². The van der Waals surface area contributed by atoms with E-state index in [1.165, 1.54) is 0 Å². The van der Waals surface area contributed by atoms with Crippen molar-refractivity contribution in [3.63, 3.8) is 0 Å². The lowest BCUT2D eigenvalue weighted by Crippen LogP contribution is -2.30. The summed E-state index contributed by atoms with van der Waals surface area (Å²) in [5.41, 5.74) is 0. The molecule has 4 heteroatoms. The molecule has 84 valence electrons. The van der Waals surface area contributed by atoms with E-state index >= 15 is 0 Å². The molecule has 0 aromatic heterocycles. The van der Waals surface area contributed by atoms with Crippen LogP contribution in [-0.4, -0.2) is 43.8 Å². The molecule has 14 heavy (non-hydrogen) atoms. The molecule has 0 aromatic carbocycles. The fraction of sp³-hybridized carbons (Fsp3) is 0.900. The van der Waals surface area contributed by atoms with Gasteiger partial charge in [-0.1, -0.05) is 13.8 Å². The Kier molecular flexibility index (Phi) is 8.33. The summed E-state index contributed by atoms with van der Waals surface area (Å²) in [5, 5.41) is 2.70. The van der Waals surface area contributed by atoms with Gasteiger partial charge in [0, 0.05) is 6.54 Å². The summed E-state index contributed by atoms with van der Waals surface area (Å²) in [6.07, 6.45) is 0.660. The first kappa shape index (κ1) is 13.2. The zero-order valence-electron chi connectivity index (χ0n) is 9.51. The number of amides is 1. The van der Waals surface area contributed by atoms with Gasteiger partial charge in [0.2, 0.25) is 0 Å². The van der Waals surface area contributed by atoms with Gasteiger partial charge in [0.05, 0.1) is 6.61 Å². The van der Waals surface area contributed by atoms with Gasteiger partial charge in [-0.05, 0) is 33.0 Å². The van der Waals surface area contributed by atoms with E-state index in [2.05, 4.69) is 24.1 Å². The van der Waals surface area contributed by atoms with Gasteiger partial charge in [-0.25, -0.2) is 4.79 Å². The molecule has 1 N–H and O–H groups in total. The molecule has 0 saturated heterocycles. The maximum atomic E-state index is 10.9. The topological polar surface area (TPSA) is 41.6 Å². The van der Waals surface area contributed by atoms with Crippen LogP contribution in [0.1, 0.15) is 27.2 Å². The van der Waals surface area contributed by atoms with Crippen molar-refractivity contribution >= 4 is 6.09 Å². The summed E-state index contributed by atoms with van der Waals surface area (Å²) in [7, 11) is 0. The van der Waals surface area contributed by atoms with Crippen molar-refractivity contribution in [1.82, 2.24) is 10.2 Å². The summed E-state index contributed by atoms with van der Waals surface area (Å²) in [5.74, 6) is 0. The van der Waals surface area contributed by atoms with Crippen molar-refractivity contribution in [2.75, 3.05) is 32.8 Å². The molecule has 0 unspecified atom stereocenters. The number of alkyl carbamates (subject to hydrolysis) is 1. The minimum absolute atomic E-state index is 0.313. The van der Waals surface area contributed by atoms with Crippen molar-refractivity contribution in [3.05, 3.63) is 0 Å². The third-order valence-electron chi connectivity index (χ3n) is 2.09. The highest BCUT2D eigenvalue weighted by atomic mass is 16.5. The van der Waals surface area contributed by atoms with Crippen LogP contribution < -0.4 is 5.32 Å². The Labute approximate surface area is 86.6 Å². The summed E-state index contributed by atoms with van der Waals surface area (Å²) in [6, 6.07) is 0.